The maximum Gasteiger partial charge on any atom is 0.132 e. The summed E-state index contributed by atoms with van der Waals surface area (Å²) in [7, 11) is 6.34. The highest BCUT2D eigenvalue weighted by atomic mass is 15.2. The van der Waals surface area contributed by atoms with Crippen molar-refractivity contribution in [2.45, 2.75) is 19.9 Å². The van der Waals surface area contributed by atoms with Crippen molar-refractivity contribution in [3.05, 3.63) is 23.9 Å². The van der Waals surface area contributed by atoms with E-state index < -0.39 is 0 Å². The Hall–Kier alpha value is -1.13. The molecule has 1 rings (SSSR count). The molecule has 0 aliphatic rings. The maximum absolute atomic E-state index is 4.50. The van der Waals surface area contributed by atoms with Gasteiger partial charge in [-0.3, -0.25) is 0 Å². The van der Waals surface area contributed by atoms with Gasteiger partial charge >= 0.3 is 0 Å². The van der Waals surface area contributed by atoms with Gasteiger partial charge in [-0.15, -0.1) is 0 Å². The molecule has 0 aromatic carbocycles. The van der Waals surface area contributed by atoms with E-state index in [2.05, 4.69) is 54.2 Å². The van der Waals surface area contributed by atoms with Crippen LogP contribution in [0.1, 0.15) is 18.9 Å². The van der Waals surface area contributed by atoms with E-state index in [1.165, 1.54) is 5.56 Å². The summed E-state index contributed by atoms with van der Waals surface area (Å²) in [5, 5.41) is 3.36. The fourth-order valence-corrected chi connectivity index (χ4v) is 1.90. The van der Waals surface area contributed by atoms with Crippen molar-refractivity contribution in [1.82, 2.24) is 15.2 Å². The van der Waals surface area contributed by atoms with Gasteiger partial charge in [0.25, 0.3) is 0 Å². The molecular formula is C14H26N4. The van der Waals surface area contributed by atoms with Gasteiger partial charge in [-0.2, -0.15) is 0 Å². The summed E-state index contributed by atoms with van der Waals surface area (Å²) in [6.07, 6.45) is 3.02. The number of anilines is 1. The van der Waals surface area contributed by atoms with E-state index in [9.17, 15) is 0 Å². The van der Waals surface area contributed by atoms with Crippen molar-refractivity contribution in [2.24, 2.45) is 0 Å². The summed E-state index contributed by atoms with van der Waals surface area (Å²) >= 11 is 0. The summed E-state index contributed by atoms with van der Waals surface area (Å²) in [5.74, 6) is 1.09. The summed E-state index contributed by atoms with van der Waals surface area (Å²) in [6.45, 7) is 6.14. The van der Waals surface area contributed by atoms with E-state index in [4.69, 9.17) is 0 Å². The average molecular weight is 250 g/mol. The Balaban J connectivity index is 2.57. The van der Waals surface area contributed by atoms with E-state index in [0.29, 0.717) is 0 Å². The Bertz CT molecular complexity index is 338. The minimum absolute atomic E-state index is 0.887. The topological polar surface area (TPSA) is 31.4 Å². The Labute approximate surface area is 111 Å². The second-order valence-electron chi connectivity index (χ2n) is 4.84. The monoisotopic (exact) mass is 250 g/mol. The van der Waals surface area contributed by atoms with Gasteiger partial charge in [0, 0.05) is 31.9 Å². The van der Waals surface area contributed by atoms with Gasteiger partial charge in [-0.1, -0.05) is 13.0 Å². The van der Waals surface area contributed by atoms with Crippen molar-refractivity contribution in [3.8, 4) is 0 Å². The number of aromatic nitrogens is 1. The number of hydrogen-bond donors (Lipinski definition) is 1. The third kappa shape index (κ3) is 5.02. The van der Waals surface area contributed by atoms with E-state index in [1.807, 2.05) is 12.3 Å². The first-order valence-corrected chi connectivity index (χ1v) is 6.65. The lowest BCUT2D eigenvalue weighted by Crippen LogP contribution is -2.26. The zero-order valence-electron chi connectivity index (χ0n) is 12.1. The minimum Gasteiger partial charge on any atom is -0.359 e. The molecule has 0 unspecified atom stereocenters. The summed E-state index contributed by atoms with van der Waals surface area (Å²) in [4.78, 5) is 8.96. The molecule has 1 N–H and O–H groups in total. The van der Waals surface area contributed by atoms with E-state index in [0.717, 1.165) is 38.4 Å². The van der Waals surface area contributed by atoms with Crippen molar-refractivity contribution in [2.75, 3.05) is 45.7 Å². The third-order valence-corrected chi connectivity index (χ3v) is 2.89. The fourth-order valence-electron chi connectivity index (χ4n) is 1.90. The second kappa shape index (κ2) is 8.06. The molecule has 0 saturated heterocycles. The van der Waals surface area contributed by atoms with Crippen LogP contribution >= 0.6 is 0 Å². The predicted molar refractivity (Wildman–Crippen MR) is 78.1 cm³/mol. The molecule has 4 heteroatoms. The highest BCUT2D eigenvalue weighted by molar-refractivity contribution is 5.45. The van der Waals surface area contributed by atoms with Crippen LogP contribution < -0.4 is 10.2 Å². The highest BCUT2D eigenvalue weighted by Gasteiger charge is 2.07. The lowest BCUT2D eigenvalue weighted by molar-refractivity contribution is 0.401. The van der Waals surface area contributed by atoms with Crippen LogP contribution in [0.15, 0.2) is 18.3 Å². The standard InChI is InChI=1S/C14H26N4/c1-5-15-12-13-8-6-9-16-14(13)18(4)11-7-10-17(2)3/h6,8-9,15H,5,7,10-12H2,1-4H3. The molecule has 102 valence electrons. The lowest BCUT2D eigenvalue weighted by Gasteiger charge is -2.22. The first-order valence-electron chi connectivity index (χ1n) is 6.65. The number of hydrogen-bond acceptors (Lipinski definition) is 4. The quantitative estimate of drug-likeness (QED) is 0.759. The molecule has 0 aliphatic heterocycles. The van der Waals surface area contributed by atoms with Gasteiger partial charge in [0.1, 0.15) is 5.82 Å². The van der Waals surface area contributed by atoms with Gasteiger partial charge in [0.05, 0.1) is 0 Å². The van der Waals surface area contributed by atoms with Crippen LogP contribution in [-0.2, 0) is 6.54 Å². The average Bonchev–Trinajstić information content (AvgIpc) is 2.36. The Morgan fingerprint density at radius 2 is 2.00 bits per heavy atom. The molecule has 18 heavy (non-hydrogen) atoms. The third-order valence-electron chi connectivity index (χ3n) is 2.89. The van der Waals surface area contributed by atoms with Gasteiger partial charge < -0.3 is 15.1 Å². The molecule has 0 bridgehead atoms. The molecule has 0 radical (unpaired) electrons. The minimum atomic E-state index is 0.887. The molecule has 0 spiro atoms. The van der Waals surface area contributed by atoms with Crippen LogP contribution in [0.5, 0.6) is 0 Å². The van der Waals surface area contributed by atoms with Gasteiger partial charge in [-0.25, -0.2) is 4.98 Å². The zero-order valence-corrected chi connectivity index (χ0v) is 12.1. The van der Waals surface area contributed by atoms with Crippen LogP contribution in [0.4, 0.5) is 5.82 Å². The lowest BCUT2D eigenvalue weighted by atomic mass is 10.2. The molecule has 0 fully saturated rings. The van der Waals surface area contributed by atoms with Crippen molar-refractivity contribution >= 4 is 5.82 Å². The molecule has 1 aromatic heterocycles. The Kier molecular flexibility index (Phi) is 6.68. The first-order chi connectivity index (χ1) is 8.65. The van der Waals surface area contributed by atoms with E-state index in [-0.39, 0.29) is 0 Å². The summed E-state index contributed by atoms with van der Waals surface area (Å²) in [6, 6.07) is 4.15. The van der Waals surface area contributed by atoms with Crippen molar-refractivity contribution in [3.63, 3.8) is 0 Å². The van der Waals surface area contributed by atoms with Gasteiger partial charge in [0.15, 0.2) is 0 Å². The second-order valence-corrected chi connectivity index (χ2v) is 4.84. The molecule has 1 heterocycles. The van der Waals surface area contributed by atoms with E-state index >= 15 is 0 Å². The van der Waals surface area contributed by atoms with Crippen LogP contribution in [0.3, 0.4) is 0 Å². The van der Waals surface area contributed by atoms with Gasteiger partial charge in [-0.05, 0) is 39.7 Å². The van der Waals surface area contributed by atoms with Crippen LogP contribution in [-0.4, -0.2) is 50.7 Å². The molecule has 0 aliphatic carbocycles. The highest BCUT2D eigenvalue weighted by Crippen LogP contribution is 2.15. The van der Waals surface area contributed by atoms with E-state index in [1.54, 1.807) is 0 Å². The molecule has 0 amide bonds. The number of rotatable bonds is 8. The SMILES string of the molecule is CCNCc1cccnc1N(C)CCCN(C)C. The van der Waals surface area contributed by atoms with Crippen LogP contribution in [0.2, 0.25) is 0 Å². The summed E-state index contributed by atoms with van der Waals surface area (Å²) in [5.41, 5.74) is 1.27. The number of nitrogens with one attached hydrogen (secondary N) is 1. The zero-order chi connectivity index (χ0) is 13.4. The van der Waals surface area contributed by atoms with Crippen molar-refractivity contribution < 1.29 is 0 Å². The predicted octanol–water partition coefficient (Wildman–Crippen LogP) is 1.58. The molecular weight excluding hydrogens is 224 g/mol. The summed E-state index contributed by atoms with van der Waals surface area (Å²) < 4.78 is 0. The molecule has 4 nitrogen and oxygen atoms in total. The normalized spacial score (nSPS) is 10.9. The number of nitrogens with zero attached hydrogens (tertiary/aromatic N) is 3. The van der Waals surface area contributed by atoms with Crippen LogP contribution in [0.25, 0.3) is 0 Å². The Morgan fingerprint density at radius 1 is 1.22 bits per heavy atom. The maximum atomic E-state index is 4.50. The largest absolute Gasteiger partial charge is 0.359 e. The van der Waals surface area contributed by atoms with Gasteiger partial charge in [0.2, 0.25) is 0 Å². The molecule has 0 saturated carbocycles. The van der Waals surface area contributed by atoms with Crippen molar-refractivity contribution in [1.29, 1.82) is 0 Å². The Morgan fingerprint density at radius 3 is 2.67 bits per heavy atom. The molecule has 1 aromatic rings. The molecule has 0 atom stereocenters. The van der Waals surface area contributed by atoms with Crippen LogP contribution in [0, 0.1) is 0 Å². The number of pyridine rings is 1. The first kappa shape index (κ1) is 14.9. The smallest absolute Gasteiger partial charge is 0.132 e. The fraction of sp³-hybridized carbons (Fsp3) is 0.643.